The Morgan fingerprint density at radius 2 is 2.50 bits per heavy atom. The second-order valence-electron chi connectivity index (χ2n) is 1.93. The minimum Gasteiger partial charge on any atom is -0.348 e. The number of nitrogens with zero attached hydrogens (tertiary/aromatic N) is 1. The van der Waals surface area contributed by atoms with Gasteiger partial charge in [0.1, 0.15) is 0 Å². The van der Waals surface area contributed by atoms with Crippen LogP contribution in [0.25, 0.3) is 0 Å². The van der Waals surface area contributed by atoms with E-state index in [0.29, 0.717) is 0 Å². The molecule has 0 bridgehead atoms. The van der Waals surface area contributed by atoms with Gasteiger partial charge in [0.25, 0.3) is 0 Å². The lowest BCUT2D eigenvalue weighted by Gasteiger charge is -1.93. The molecule has 0 spiro atoms. The second kappa shape index (κ2) is 5.44. The molecule has 1 heterocycles. The average Bonchev–Trinajstić information content (AvgIpc) is 2.34. The Bertz CT molecular complexity index is 150. The van der Waals surface area contributed by atoms with Gasteiger partial charge in [-0.1, -0.05) is 0 Å². The van der Waals surface area contributed by atoms with Gasteiger partial charge in [-0.15, -0.1) is 17.0 Å². The maximum atomic E-state index is 3.89. The van der Waals surface area contributed by atoms with Gasteiger partial charge in [-0.25, -0.2) is 4.98 Å². The van der Waals surface area contributed by atoms with Gasteiger partial charge < -0.3 is 10.3 Å². The maximum absolute atomic E-state index is 3.89. The molecular formula is C6H12BrN3. The number of nitrogens with one attached hydrogen (secondary N) is 2. The van der Waals surface area contributed by atoms with Crippen molar-refractivity contribution in [2.24, 2.45) is 0 Å². The zero-order valence-corrected chi connectivity index (χ0v) is 7.64. The number of imidazole rings is 1. The van der Waals surface area contributed by atoms with Gasteiger partial charge in [0.05, 0.1) is 6.33 Å². The predicted molar refractivity (Wildman–Crippen MR) is 46.5 cm³/mol. The highest BCUT2D eigenvalue weighted by molar-refractivity contribution is 8.93. The molecule has 0 aliphatic carbocycles. The minimum absolute atomic E-state index is 0. The molecule has 1 aromatic heterocycles. The average molecular weight is 206 g/mol. The molecule has 0 fully saturated rings. The normalized spacial score (nSPS) is 8.90. The molecule has 0 aliphatic heterocycles. The lowest BCUT2D eigenvalue weighted by atomic mass is 10.3. The third kappa shape index (κ3) is 2.98. The first-order chi connectivity index (χ1) is 4.43. The summed E-state index contributed by atoms with van der Waals surface area (Å²) in [6, 6.07) is 0. The first-order valence-electron chi connectivity index (χ1n) is 3.05. The summed E-state index contributed by atoms with van der Waals surface area (Å²) in [7, 11) is 1.94. The molecule has 0 aromatic carbocycles. The van der Waals surface area contributed by atoms with Gasteiger partial charge in [0.15, 0.2) is 0 Å². The van der Waals surface area contributed by atoms with Gasteiger partial charge in [0, 0.05) is 24.9 Å². The number of H-pyrrole nitrogens is 1. The summed E-state index contributed by atoms with van der Waals surface area (Å²) in [6.07, 6.45) is 4.57. The van der Waals surface area contributed by atoms with Gasteiger partial charge in [0.2, 0.25) is 0 Å². The Morgan fingerprint density at radius 3 is 3.00 bits per heavy atom. The summed E-state index contributed by atoms with van der Waals surface area (Å²) in [4.78, 5) is 6.91. The summed E-state index contributed by atoms with van der Waals surface area (Å²) < 4.78 is 0. The Kier molecular flexibility index (Phi) is 5.25. The minimum atomic E-state index is 0. The number of rotatable bonds is 3. The van der Waals surface area contributed by atoms with Crippen molar-refractivity contribution in [2.75, 3.05) is 13.6 Å². The van der Waals surface area contributed by atoms with Gasteiger partial charge in [-0.2, -0.15) is 0 Å². The van der Waals surface area contributed by atoms with Crippen LogP contribution < -0.4 is 5.32 Å². The molecule has 0 aliphatic rings. The quantitative estimate of drug-likeness (QED) is 0.766. The van der Waals surface area contributed by atoms with Crippen LogP contribution in [0.15, 0.2) is 12.5 Å². The molecular weight excluding hydrogens is 194 g/mol. The van der Waals surface area contributed by atoms with E-state index in [4.69, 9.17) is 0 Å². The molecule has 4 heteroatoms. The van der Waals surface area contributed by atoms with Crippen molar-refractivity contribution in [3.8, 4) is 0 Å². The highest BCUT2D eigenvalue weighted by atomic mass is 79.9. The molecule has 1 rings (SSSR count). The van der Waals surface area contributed by atoms with Crippen LogP contribution in [0.2, 0.25) is 0 Å². The highest BCUT2D eigenvalue weighted by Gasteiger charge is 1.89. The fourth-order valence-electron chi connectivity index (χ4n) is 0.681. The molecule has 0 radical (unpaired) electrons. The van der Waals surface area contributed by atoms with Crippen LogP contribution in [0.4, 0.5) is 0 Å². The largest absolute Gasteiger partial charge is 0.348 e. The lowest BCUT2D eigenvalue weighted by Crippen LogP contribution is -2.10. The SMILES string of the molecule is Br.CNCCc1cnc[nH]1. The highest BCUT2D eigenvalue weighted by Crippen LogP contribution is 1.89. The molecule has 0 atom stereocenters. The lowest BCUT2D eigenvalue weighted by molar-refractivity contribution is 0.780. The predicted octanol–water partition coefficient (Wildman–Crippen LogP) is 0.749. The molecule has 0 saturated heterocycles. The fourth-order valence-corrected chi connectivity index (χ4v) is 0.681. The third-order valence-corrected chi connectivity index (χ3v) is 1.20. The number of halogens is 1. The molecule has 2 N–H and O–H groups in total. The Labute approximate surface area is 71.0 Å². The van der Waals surface area contributed by atoms with E-state index in [1.807, 2.05) is 13.2 Å². The van der Waals surface area contributed by atoms with Crippen LogP contribution in [0.3, 0.4) is 0 Å². The topological polar surface area (TPSA) is 40.7 Å². The molecule has 3 nitrogen and oxygen atoms in total. The summed E-state index contributed by atoms with van der Waals surface area (Å²) in [5.41, 5.74) is 1.18. The van der Waals surface area contributed by atoms with Crippen molar-refractivity contribution in [1.29, 1.82) is 0 Å². The van der Waals surface area contributed by atoms with E-state index in [0.717, 1.165) is 13.0 Å². The zero-order valence-electron chi connectivity index (χ0n) is 5.92. The Balaban J connectivity index is 0.000000810. The van der Waals surface area contributed by atoms with Crippen LogP contribution >= 0.6 is 17.0 Å². The van der Waals surface area contributed by atoms with Crippen LogP contribution in [0, 0.1) is 0 Å². The van der Waals surface area contributed by atoms with Crippen molar-refractivity contribution in [2.45, 2.75) is 6.42 Å². The van der Waals surface area contributed by atoms with E-state index in [2.05, 4.69) is 15.3 Å². The Hall–Kier alpha value is -0.350. The summed E-state index contributed by atoms with van der Waals surface area (Å²) in [5, 5.41) is 3.06. The van der Waals surface area contributed by atoms with Gasteiger partial charge in [-0.3, -0.25) is 0 Å². The van der Waals surface area contributed by atoms with E-state index in [9.17, 15) is 0 Å². The molecule has 1 aromatic rings. The standard InChI is InChI=1S/C6H11N3.BrH/c1-7-3-2-6-4-8-5-9-6;/h4-5,7H,2-3H2,1H3,(H,8,9);1H. The molecule has 0 saturated carbocycles. The maximum Gasteiger partial charge on any atom is 0.0921 e. The van der Waals surface area contributed by atoms with Crippen LogP contribution in [0.1, 0.15) is 5.69 Å². The third-order valence-electron chi connectivity index (χ3n) is 1.20. The molecule has 0 unspecified atom stereocenters. The first-order valence-corrected chi connectivity index (χ1v) is 3.05. The van der Waals surface area contributed by atoms with E-state index >= 15 is 0 Å². The summed E-state index contributed by atoms with van der Waals surface area (Å²) >= 11 is 0. The van der Waals surface area contributed by atoms with Gasteiger partial charge >= 0.3 is 0 Å². The molecule has 58 valence electrons. The van der Waals surface area contributed by atoms with Crippen molar-refractivity contribution >= 4 is 17.0 Å². The zero-order chi connectivity index (χ0) is 6.53. The van der Waals surface area contributed by atoms with Crippen LogP contribution in [-0.2, 0) is 6.42 Å². The van der Waals surface area contributed by atoms with Crippen molar-refractivity contribution in [1.82, 2.24) is 15.3 Å². The van der Waals surface area contributed by atoms with E-state index in [-0.39, 0.29) is 17.0 Å². The molecule has 10 heavy (non-hydrogen) atoms. The molecule has 0 amide bonds. The second-order valence-corrected chi connectivity index (χ2v) is 1.93. The number of hydrogen-bond donors (Lipinski definition) is 2. The van der Waals surface area contributed by atoms with Crippen molar-refractivity contribution in [3.05, 3.63) is 18.2 Å². The summed E-state index contributed by atoms with van der Waals surface area (Å²) in [5.74, 6) is 0. The number of aromatic amines is 1. The van der Waals surface area contributed by atoms with Crippen LogP contribution in [0.5, 0.6) is 0 Å². The van der Waals surface area contributed by atoms with Crippen molar-refractivity contribution < 1.29 is 0 Å². The Morgan fingerprint density at radius 1 is 1.70 bits per heavy atom. The smallest absolute Gasteiger partial charge is 0.0921 e. The van der Waals surface area contributed by atoms with E-state index in [1.165, 1.54) is 5.69 Å². The van der Waals surface area contributed by atoms with E-state index < -0.39 is 0 Å². The van der Waals surface area contributed by atoms with Crippen molar-refractivity contribution in [3.63, 3.8) is 0 Å². The number of aromatic nitrogens is 2. The van der Waals surface area contributed by atoms with Crippen LogP contribution in [-0.4, -0.2) is 23.6 Å². The number of hydrogen-bond acceptors (Lipinski definition) is 2. The monoisotopic (exact) mass is 205 g/mol. The fraction of sp³-hybridized carbons (Fsp3) is 0.500. The van der Waals surface area contributed by atoms with Gasteiger partial charge in [-0.05, 0) is 7.05 Å². The van der Waals surface area contributed by atoms with E-state index in [1.54, 1.807) is 6.33 Å². The summed E-state index contributed by atoms with van der Waals surface area (Å²) in [6.45, 7) is 1.00. The first kappa shape index (κ1) is 9.65. The number of likely N-dealkylation sites (N-methyl/N-ethyl adjacent to an activating group) is 1.